The molecule has 1 heterocycles. The molecule has 3 aromatic rings. The van der Waals surface area contributed by atoms with E-state index < -0.39 is 6.10 Å². The normalized spacial score (nSPS) is 18.9. The van der Waals surface area contributed by atoms with Gasteiger partial charge in [0.15, 0.2) is 0 Å². The van der Waals surface area contributed by atoms with E-state index >= 15 is 0 Å². The van der Waals surface area contributed by atoms with Gasteiger partial charge in [0.25, 0.3) is 0 Å². The Morgan fingerprint density at radius 3 is 3.00 bits per heavy atom. The summed E-state index contributed by atoms with van der Waals surface area (Å²) in [6.07, 6.45) is -0.217. The minimum atomic E-state index is -0.653. The van der Waals surface area contributed by atoms with Gasteiger partial charge in [0, 0.05) is 16.5 Å². The maximum atomic E-state index is 12.6. The summed E-state index contributed by atoms with van der Waals surface area (Å²) in [6, 6.07) is 8.59. The number of rotatable bonds is 4. The average Bonchev–Trinajstić information content (AvgIpc) is 3.19. The van der Waals surface area contributed by atoms with Crippen molar-refractivity contribution in [2.24, 2.45) is 0 Å². The number of aliphatic hydroxyl groups excluding tert-OH is 1. The number of likely N-dealkylation sites (N-methyl/N-ethyl adjacent to an activating group) is 1. The second-order valence-electron chi connectivity index (χ2n) is 6.57. The third-order valence-electron chi connectivity index (χ3n) is 4.72. The Bertz CT molecular complexity index is 1030. The first-order chi connectivity index (χ1) is 12.9. The van der Waals surface area contributed by atoms with Gasteiger partial charge in [-0.15, -0.1) is 0 Å². The predicted octanol–water partition coefficient (Wildman–Crippen LogP) is 3.53. The Kier molecular flexibility index (Phi) is 5.05. The molecule has 4 rings (SSSR count). The van der Waals surface area contributed by atoms with Gasteiger partial charge in [-0.3, -0.25) is 9.69 Å². The number of anilines is 1. The molecule has 0 saturated heterocycles. The van der Waals surface area contributed by atoms with Crippen molar-refractivity contribution in [3.8, 4) is 0 Å². The molecule has 2 N–H and O–H groups in total. The number of halogens is 2. The fourth-order valence-corrected chi connectivity index (χ4v) is 4.72. The first-order valence-corrected chi connectivity index (χ1v) is 9.80. The fraction of sp³-hybridized carbons (Fsp3) is 0.278. The molecule has 2 aromatic carbocycles. The third kappa shape index (κ3) is 3.53. The molecular formula is C18H16Cl2N4O2S. The van der Waals surface area contributed by atoms with Crippen LogP contribution in [0, 0.1) is 0 Å². The first-order valence-electron chi connectivity index (χ1n) is 8.31. The van der Waals surface area contributed by atoms with Crippen LogP contribution in [0.2, 0.25) is 10.0 Å². The first kappa shape index (κ1) is 18.6. The van der Waals surface area contributed by atoms with E-state index in [1.54, 1.807) is 30.1 Å². The lowest BCUT2D eigenvalue weighted by molar-refractivity contribution is -0.117. The van der Waals surface area contributed by atoms with Gasteiger partial charge in [-0.1, -0.05) is 29.3 Å². The highest BCUT2D eigenvalue weighted by Crippen LogP contribution is 2.40. The number of fused-ring (bicyclic) bond motifs is 2. The molecule has 0 spiro atoms. The van der Waals surface area contributed by atoms with Crippen molar-refractivity contribution in [3.63, 3.8) is 0 Å². The second-order valence-corrected chi connectivity index (χ2v) is 7.94. The van der Waals surface area contributed by atoms with Crippen LogP contribution in [-0.2, 0) is 11.2 Å². The van der Waals surface area contributed by atoms with Crippen LogP contribution in [0.5, 0.6) is 0 Å². The van der Waals surface area contributed by atoms with Crippen molar-refractivity contribution in [2.75, 3.05) is 18.9 Å². The molecule has 1 aromatic heterocycles. The zero-order valence-corrected chi connectivity index (χ0v) is 16.6. The van der Waals surface area contributed by atoms with Crippen LogP contribution in [0.3, 0.4) is 0 Å². The summed E-state index contributed by atoms with van der Waals surface area (Å²) in [5, 5.41) is 14.5. The van der Waals surface area contributed by atoms with Gasteiger partial charge in [0.2, 0.25) is 5.91 Å². The van der Waals surface area contributed by atoms with Crippen LogP contribution < -0.4 is 5.32 Å². The summed E-state index contributed by atoms with van der Waals surface area (Å²) in [4.78, 5) is 14.4. The average molecular weight is 423 g/mol. The van der Waals surface area contributed by atoms with Crippen LogP contribution in [0.25, 0.3) is 11.0 Å². The van der Waals surface area contributed by atoms with Gasteiger partial charge in [0.1, 0.15) is 11.0 Å². The van der Waals surface area contributed by atoms with Crippen LogP contribution in [0.4, 0.5) is 5.69 Å². The zero-order chi connectivity index (χ0) is 19.1. The number of carbonyl (C=O) groups is 1. The molecule has 0 bridgehead atoms. The van der Waals surface area contributed by atoms with Gasteiger partial charge in [0.05, 0.1) is 36.1 Å². The van der Waals surface area contributed by atoms with Gasteiger partial charge < -0.3 is 10.4 Å². The van der Waals surface area contributed by atoms with Crippen molar-refractivity contribution in [2.45, 2.75) is 18.6 Å². The van der Waals surface area contributed by atoms with E-state index in [4.69, 9.17) is 23.2 Å². The molecule has 1 aliphatic rings. The smallest absolute Gasteiger partial charge is 0.238 e. The summed E-state index contributed by atoms with van der Waals surface area (Å²) >= 11 is 13.5. The molecule has 6 nitrogen and oxygen atoms in total. The Morgan fingerprint density at radius 1 is 1.37 bits per heavy atom. The second kappa shape index (κ2) is 7.33. The van der Waals surface area contributed by atoms with E-state index in [0.717, 1.165) is 28.4 Å². The molecule has 0 radical (unpaired) electrons. The monoisotopic (exact) mass is 422 g/mol. The van der Waals surface area contributed by atoms with Crippen LogP contribution in [-0.4, -0.2) is 44.4 Å². The molecule has 0 unspecified atom stereocenters. The molecule has 27 heavy (non-hydrogen) atoms. The summed E-state index contributed by atoms with van der Waals surface area (Å²) in [6.45, 7) is 0.0965. The highest BCUT2D eigenvalue weighted by Gasteiger charge is 2.36. The van der Waals surface area contributed by atoms with Crippen molar-refractivity contribution < 1.29 is 9.90 Å². The van der Waals surface area contributed by atoms with Crippen molar-refractivity contribution in [1.82, 2.24) is 13.6 Å². The number of amides is 1. The Hall–Kier alpha value is -1.77. The quantitative estimate of drug-likeness (QED) is 0.672. The Balaban J connectivity index is 1.52. The number of hydrogen-bond acceptors (Lipinski definition) is 6. The molecule has 9 heteroatoms. The topological polar surface area (TPSA) is 78.4 Å². The number of benzene rings is 2. The number of hydrogen-bond donors (Lipinski definition) is 2. The van der Waals surface area contributed by atoms with Crippen LogP contribution in [0.15, 0.2) is 30.3 Å². The Labute approximate surface area is 170 Å². The molecule has 2 atom stereocenters. The van der Waals surface area contributed by atoms with E-state index in [0.29, 0.717) is 27.7 Å². The molecule has 1 amide bonds. The van der Waals surface area contributed by atoms with E-state index in [1.165, 1.54) is 0 Å². The fourth-order valence-electron chi connectivity index (χ4n) is 3.58. The third-order valence-corrected chi connectivity index (χ3v) is 5.82. The SMILES string of the molecule is CN(CC(=O)Nc1cccc2nsnc12)[C@H]1c2cc(Cl)cc(Cl)c2C[C@H]1O. The zero-order valence-electron chi connectivity index (χ0n) is 14.3. The van der Waals surface area contributed by atoms with E-state index in [2.05, 4.69) is 14.1 Å². The summed E-state index contributed by atoms with van der Waals surface area (Å²) < 4.78 is 8.40. The minimum absolute atomic E-state index is 0.0965. The number of aromatic nitrogens is 2. The molecular weight excluding hydrogens is 407 g/mol. The van der Waals surface area contributed by atoms with Crippen molar-refractivity contribution in [1.29, 1.82) is 0 Å². The summed E-state index contributed by atoms with van der Waals surface area (Å²) in [7, 11) is 1.79. The molecule has 0 saturated carbocycles. The number of nitrogens with zero attached hydrogens (tertiary/aromatic N) is 3. The lowest BCUT2D eigenvalue weighted by Gasteiger charge is -2.27. The highest BCUT2D eigenvalue weighted by molar-refractivity contribution is 7.00. The van der Waals surface area contributed by atoms with Crippen molar-refractivity contribution in [3.05, 3.63) is 51.5 Å². The number of nitrogens with one attached hydrogen (secondary N) is 1. The van der Waals surface area contributed by atoms with Crippen LogP contribution >= 0.6 is 34.9 Å². The number of aliphatic hydroxyl groups is 1. The molecule has 0 fully saturated rings. The predicted molar refractivity (Wildman–Crippen MR) is 108 cm³/mol. The van der Waals surface area contributed by atoms with Gasteiger partial charge >= 0.3 is 0 Å². The van der Waals surface area contributed by atoms with Crippen molar-refractivity contribution >= 4 is 57.6 Å². The summed E-state index contributed by atoms with van der Waals surface area (Å²) in [5.41, 5.74) is 3.78. The molecule has 0 aliphatic heterocycles. The standard InChI is InChI=1S/C18H16Cl2N4O2S/c1-24(18-11-5-9(19)6-12(20)10(11)7-15(18)25)8-16(26)21-13-3-2-4-14-17(13)23-27-22-14/h2-6,15,18,25H,7-8H2,1H3,(H,21,26)/t15-,18+/m1/s1. The van der Waals surface area contributed by atoms with E-state index in [1.807, 2.05) is 12.1 Å². The number of carbonyl (C=O) groups excluding carboxylic acids is 1. The van der Waals surface area contributed by atoms with Gasteiger partial charge in [-0.05, 0) is 42.4 Å². The van der Waals surface area contributed by atoms with E-state index in [-0.39, 0.29) is 18.5 Å². The maximum absolute atomic E-state index is 12.6. The molecule has 1 aliphatic carbocycles. The maximum Gasteiger partial charge on any atom is 0.238 e. The van der Waals surface area contributed by atoms with E-state index in [9.17, 15) is 9.90 Å². The van der Waals surface area contributed by atoms with Crippen LogP contribution in [0.1, 0.15) is 17.2 Å². The van der Waals surface area contributed by atoms with Gasteiger partial charge in [-0.2, -0.15) is 8.75 Å². The Morgan fingerprint density at radius 2 is 2.19 bits per heavy atom. The minimum Gasteiger partial charge on any atom is -0.391 e. The van der Waals surface area contributed by atoms with Gasteiger partial charge in [-0.25, -0.2) is 0 Å². The summed E-state index contributed by atoms with van der Waals surface area (Å²) in [5.74, 6) is -0.202. The lowest BCUT2D eigenvalue weighted by atomic mass is 10.1. The highest BCUT2D eigenvalue weighted by atomic mass is 35.5. The lowest BCUT2D eigenvalue weighted by Crippen LogP contribution is -2.37. The largest absolute Gasteiger partial charge is 0.391 e. The molecule has 140 valence electrons.